The van der Waals surface area contributed by atoms with E-state index in [0.29, 0.717) is 24.5 Å². The van der Waals surface area contributed by atoms with E-state index in [2.05, 4.69) is 15.9 Å². The van der Waals surface area contributed by atoms with Crippen LogP contribution in [0.25, 0.3) is 0 Å². The summed E-state index contributed by atoms with van der Waals surface area (Å²) in [6.07, 6.45) is 1.07. The van der Waals surface area contributed by atoms with Gasteiger partial charge in [0.2, 0.25) is 0 Å². The summed E-state index contributed by atoms with van der Waals surface area (Å²) in [6.45, 7) is 0. The molecule has 2 rings (SSSR count). The maximum Gasteiger partial charge on any atom is 0.136 e. The Bertz CT molecular complexity index is 180. The SMILES string of the molecule is O=C1CC2C1C[C@H](O)C2Br. The Morgan fingerprint density at radius 2 is 2.30 bits per heavy atom. The quantitative estimate of drug-likeness (QED) is 0.591. The molecule has 56 valence electrons. The van der Waals surface area contributed by atoms with Gasteiger partial charge in [-0.2, -0.15) is 0 Å². The molecule has 3 unspecified atom stereocenters. The Kier molecular flexibility index (Phi) is 1.39. The molecule has 0 bridgehead atoms. The maximum atomic E-state index is 10.9. The van der Waals surface area contributed by atoms with Crippen molar-refractivity contribution in [3.8, 4) is 0 Å². The van der Waals surface area contributed by atoms with Crippen molar-refractivity contribution in [1.29, 1.82) is 0 Å². The van der Waals surface area contributed by atoms with Gasteiger partial charge in [-0.25, -0.2) is 0 Å². The molecule has 3 heteroatoms. The molecule has 0 saturated heterocycles. The van der Waals surface area contributed by atoms with E-state index in [-0.39, 0.29) is 16.8 Å². The number of hydrogen-bond acceptors (Lipinski definition) is 2. The number of alkyl halides is 1. The van der Waals surface area contributed by atoms with Crippen LogP contribution in [0.3, 0.4) is 0 Å². The lowest BCUT2D eigenvalue weighted by Gasteiger charge is -2.29. The maximum absolute atomic E-state index is 10.9. The highest BCUT2D eigenvalue weighted by Crippen LogP contribution is 2.47. The Hall–Kier alpha value is 0.110. The first-order valence-corrected chi connectivity index (χ1v) is 4.46. The summed E-state index contributed by atoms with van der Waals surface area (Å²) < 4.78 is 0. The second-order valence-electron chi connectivity index (χ2n) is 3.19. The Balaban J connectivity index is 2.13. The van der Waals surface area contributed by atoms with Gasteiger partial charge in [0.1, 0.15) is 5.78 Å². The van der Waals surface area contributed by atoms with Crippen LogP contribution < -0.4 is 0 Å². The van der Waals surface area contributed by atoms with E-state index in [1.165, 1.54) is 0 Å². The monoisotopic (exact) mass is 204 g/mol. The Labute approximate surface area is 67.7 Å². The summed E-state index contributed by atoms with van der Waals surface area (Å²) in [5, 5.41) is 9.30. The minimum absolute atomic E-state index is 0.176. The van der Waals surface area contributed by atoms with Crippen LogP contribution in [-0.2, 0) is 4.79 Å². The topological polar surface area (TPSA) is 37.3 Å². The van der Waals surface area contributed by atoms with Gasteiger partial charge in [0.25, 0.3) is 0 Å². The predicted octanol–water partition coefficient (Wildman–Crippen LogP) is 0.720. The van der Waals surface area contributed by atoms with E-state index in [9.17, 15) is 9.90 Å². The first kappa shape index (κ1) is 6.80. The molecular formula is C7H9BrO2. The fourth-order valence-corrected chi connectivity index (χ4v) is 2.69. The highest BCUT2D eigenvalue weighted by atomic mass is 79.9. The number of aliphatic hydroxyl groups is 1. The molecule has 2 saturated carbocycles. The van der Waals surface area contributed by atoms with Crippen molar-refractivity contribution in [2.45, 2.75) is 23.8 Å². The lowest BCUT2D eigenvalue weighted by atomic mass is 9.75. The zero-order valence-electron chi connectivity index (χ0n) is 5.46. The number of aliphatic hydroxyl groups excluding tert-OH is 1. The molecule has 0 aliphatic heterocycles. The summed E-state index contributed by atoms with van der Waals surface area (Å²) in [5.74, 6) is 0.952. The molecule has 2 fully saturated rings. The van der Waals surface area contributed by atoms with Crippen molar-refractivity contribution in [2.24, 2.45) is 11.8 Å². The highest BCUT2D eigenvalue weighted by molar-refractivity contribution is 9.09. The van der Waals surface area contributed by atoms with Crippen molar-refractivity contribution in [3.05, 3.63) is 0 Å². The van der Waals surface area contributed by atoms with Crippen molar-refractivity contribution in [3.63, 3.8) is 0 Å². The Morgan fingerprint density at radius 3 is 2.70 bits per heavy atom. The lowest BCUT2D eigenvalue weighted by Crippen LogP contribution is -2.36. The zero-order chi connectivity index (χ0) is 7.30. The number of carbonyl (C=O) groups excluding carboxylic acids is 1. The van der Waals surface area contributed by atoms with Gasteiger partial charge in [0.15, 0.2) is 0 Å². The summed E-state index contributed by atoms with van der Waals surface area (Å²) in [5.41, 5.74) is 0. The van der Waals surface area contributed by atoms with Gasteiger partial charge >= 0.3 is 0 Å². The van der Waals surface area contributed by atoms with E-state index in [1.54, 1.807) is 0 Å². The largest absolute Gasteiger partial charge is 0.392 e. The predicted molar refractivity (Wildman–Crippen MR) is 39.9 cm³/mol. The molecule has 2 nitrogen and oxygen atoms in total. The molecule has 0 amide bonds. The number of carbonyl (C=O) groups is 1. The van der Waals surface area contributed by atoms with Crippen molar-refractivity contribution >= 4 is 21.7 Å². The van der Waals surface area contributed by atoms with Crippen LogP contribution in [0, 0.1) is 11.8 Å². The van der Waals surface area contributed by atoms with E-state index < -0.39 is 0 Å². The van der Waals surface area contributed by atoms with Gasteiger partial charge in [-0.15, -0.1) is 0 Å². The molecular weight excluding hydrogens is 196 g/mol. The van der Waals surface area contributed by atoms with Crippen molar-refractivity contribution in [1.82, 2.24) is 0 Å². The van der Waals surface area contributed by atoms with Crippen LogP contribution in [0.4, 0.5) is 0 Å². The molecule has 4 atom stereocenters. The van der Waals surface area contributed by atoms with Gasteiger partial charge in [-0.05, 0) is 12.3 Å². The van der Waals surface area contributed by atoms with Gasteiger partial charge in [-0.1, -0.05) is 15.9 Å². The average molecular weight is 205 g/mol. The van der Waals surface area contributed by atoms with Gasteiger partial charge < -0.3 is 5.11 Å². The van der Waals surface area contributed by atoms with Crippen LogP contribution >= 0.6 is 15.9 Å². The molecule has 2 aliphatic rings. The van der Waals surface area contributed by atoms with Crippen LogP contribution in [0.1, 0.15) is 12.8 Å². The number of hydrogen-bond donors (Lipinski definition) is 1. The number of halogens is 1. The van der Waals surface area contributed by atoms with Gasteiger partial charge in [-0.3, -0.25) is 4.79 Å². The second-order valence-corrected chi connectivity index (χ2v) is 4.25. The van der Waals surface area contributed by atoms with Crippen LogP contribution in [0.15, 0.2) is 0 Å². The number of Topliss-reactive ketones (excluding diaryl/α,β-unsaturated/α-hetero) is 1. The second kappa shape index (κ2) is 2.05. The van der Waals surface area contributed by atoms with E-state index >= 15 is 0 Å². The third-order valence-electron chi connectivity index (χ3n) is 2.64. The summed E-state index contributed by atoms with van der Waals surface area (Å²) in [6, 6.07) is 0. The number of ketones is 1. The summed E-state index contributed by atoms with van der Waals surface area (Å²) in [4.78, 5) is 11.0. The van der Waals surface area contributed by atoms with Gasteiger partial charge in [0, 0.05) is 17.2 Å². The van der Waals surface area contributed by atoms with E-state index in [4.69, 9.17) is 0 Å². The fourth-order valence-electron chi connectivity index (χ4n) is 1.92. The molecule has 0 radical (unpaired) electrons. The molecule has 0 spiro atoms. The standard InChI is InChI=1S/C7H9BrO2/c8-7-4-2-5(9)3(4)1-6(7)10/h3-4,6-7,10H,1-2H2/t3?,4?,6-,7?/m0/s1. The number of rotatable bonds is 0. The summed E-state index contributed by atoms with van der Waals surface area (Å²) in [7, 11) is 0. The van der Waals surface area contributed by atoms with E-state index in [1.807, 2.05) is 0 Å². The Morgan fingerprint density at radius 1 is 1.60 bits per heavy atom. The third kappa shape index (κ3) is 0.705. The first-order chi connectivity index (χ1) is 4.70. The normalized spacial score (nSPS) is 52.4. The lowest BCUT2D eigenvalue weighted by molar-refractivity contribution is -0.132. The minimum atomic E-state index is -0.290. The third-order valence-corrected chi connectivity index (χ3v) is 3.93. The minimum Gasteiger partial charge on any atom is -0.392 e. The first-order valence-electron chi connectivity index (χ1n) is 3.55. The van der Waals surface area contributed by atoms with Crippen LogP contribution in [-0.4, -0.2) is 21.8 Å². The molecule has 0 aromatic carbocycles. The van der Waals surface area contributed by atoms with Crippen LogP contribution in [0.2, 0.25) is 0 Å². The van der Waals surface area contributed by atoms with E-state index in [0.717, 1.165) is 0 Å². The average Bonchev–Trinajstić information content (AvgIpc) is 2.12. The van der Waals surface area contributed by atoms with Crippen molar-refractivity contribution in [2.75, 3.05) is 0 Å². The smallest absolute Gasteiger partial charge is 0.136 e. The fraction of sp³-hybridized carbons (Fsp3) is 0.857. The highest BCUT2D eigenvalue weighted by Gasteiger charge is 2.51. The number of fused-ring (bicyclic) bond motifs is 1. The molecule has 0 aromatic rings. The molecule has 1 N–H and O–H groups in total. The molecule has 2 aliphatic carbocycles. The molecule has 10 heavy (non-hydrogen) atoms. The van der Waals surface area contributed by atoms with Crippen molar-refractivity contribution < 1.29 is 9.90 Å². The van der Waals surface area contributed by atoms with Crippen LogP contribution in [0.5, 0.6) is 0 Å². The zero-order valence-corrected chi connectivity index (χ0v) is 7.04. The molecule has 0 heterocycles. The summed E-state index contributed by atoms with van der Waals surface area (Å²) >= 11 is 3.39. The van der Waals surface area contributed by atoms with Gasteiger partial charge in [0.05, 0.1) is 6.10 Å². The molecule has 0 aromatic heterocycles.